The van der Waals surface area contributed by atoms with Crippen LogP contribution in [0.5, 0.6) is 0 Å². The lowest BCUT2D eigenvalue weighted by atomic mass is 9.94. The van der Waals surface area contributed by atoms with Crippen LogP contribution in [0.4, 0.5) is 24.5 Å². The summed E-state index contributed by atoms with van der Waals surface area (Å²) in [5, 5.41) is 3.73. The second-order valence-electron chi connectivity index (χ2n) is 17.0. The number of nitrogens with zero attached hydrogens (tertiary/aromatic N) is 6. The quantitative estimate of drug-likeness (QED) is 0.150. The van der Waals surface area contributed by atoms with E-state index in [2.05, 4.69) is 67.4 Å². The third-order valence-corrected chi connectivity index (χ3v) is 13.1. The van der Waals surface area contributed by atoms with Gasteiger partial charge in [-0.25, -0.2) is 9.69 Å². The highest BCUT2D eigenvalue weighted by Gasteiger charge is 2.36. The fourth-order valence-corrected chi connectivity index (χ4v) is 10.1. The highest BCUT2D eigenvalue weighted by atomic mass is 19.4. The van der Waals surface area contributed by atoms with E-state index in [0.29, 0.717) is 11.4 Å². The molecule has 0 fully saturated rings. The second-order valence-corrected chi connectivity index (χ2v) is 17.0. The van der Waals surface area contributed by atoms with Gasteiger partial charge in [0.05, 0.1) is 63.5 Å². The normalized spacial score (nSPS) is 11.6. The maximum Gasteiger partial charge on any atom is 0.415 e. The minimum atomic E-state index is -4.83. The Bertz CT molecular complexity index is 4140. The van der Waals surface area contributed by atoms with Crippen LogP contribution in [0.15, 0.2) is 213 Å². The molecule has 0 aliphatic carbocycles. The number of fused-ring (bicyclic) bond motifs is 6. The van der Waals surface area contributed by atoms with Crippen molar-refractivity contribution in [1.82, 2.24) is 19.1 Å². The average molecular weight is 909 g/mol. The monoisotopic (exact) mass is 908 g/mol. The van der Waals surface area contributed by atoms with Crippen LogP contribution in [0.25, 0.3) is 121 Å². The number of hydrogen-bond donors (Lipinski definition) is 0. The zero-order chi connectivity index (χ0) is 47.5. The molecule has 4 heterocycles. The Morgan fingerprint density at radius 1 is 0.386 bits per heavy atom. The van der Waals surface area contributed by atoms with Crippen LogP contribution in [-0.4, -0.2) is 19.1 Å². The minimum Gasteiger partial charge on any atom is -0.308 e. The molecule has 0 aliphatic heterocycles. The predicted molar refractivity (Wildman–Crippen MR) is 275 cm³/mol. The second kappa shape index (κ2) is 16.6. The van der Waals surface area contributed by atoms with Crippen molar-refractivity contribution in [2.75, 3.05) is 0 Å². The van der Waals surface area contributed by atoms with Gasteiger partial charge in [0.25, 0.3) is 0 Å². The van der Waals surface area contributed by atoms with Gasteiger partial charge in [-0.2, -0.15) is 13.2 Å². The van der Waals surface area contributed by atoms with Crippen LogP contribution in [0.2, 0.25) is 0 Å². The Labute approximate surface area is 400 Å². The van der Waals surface area contributed by atoms with Crippen molar-refractivity contribution in [1.29, 1.82) is 0 Å². The Balaban J connectivity index is 1.22. The van der Waals surface area contributed by atoms with Gasteiger partial charge in [0.1, 0.15) is 0 Å². The largest absolute Gasteiger partial charge is 0.415 e. The third kappa shape index (κ3) is 6.79. The highest BCUT2D eigenvalue weighted by molar-refractivity contribution is 6.13. The van der Waals surface area contributed by atoms with Crippen molar-refractivity contribution in [2.24, 2.45) is 0 Å². The standard InChI is InChI=1S/C61H35F3N6/c1-65-50-25-13-24-49(61(62,63)64)58(50)48-36-56(69-52-26-11-9-20-44(52)46-30-28-40(34-54(46)69)42-22-14-32-67-59(42)38-16-5-3-6-17-38)57(37-51(48)66-2)70-53-27-12-10-21-45(53)47-31-29-41(35-55(47)70)43-23-15-33-68-60(43)39-18-7-4-8-19-39/h3-37H. The lowest BCUT2D eigenvalue weighted by Crippen LogP contribution is -2.08. The molecule has 4 aromatic heterocycles. The van der Waals surface area contributed by atoms with Crippen molar-refractivity contribution in [3.8, 4) is 67.3 Å². The predicted octanol–water partition coefficient (Wildman–Crippen LogP) is 17.1. The number of benzene rings is 8. The van der Waals surface area contributed by atoms with Gasteiger partial charge in [0.15, 0.2) is 11.4 Å². The van der Waals surface area contributed by atoms with E-state index in [9.17, 15) is 0 Å². The van der Waals surface area contributed by atoms with Gasteiger partial charge in [-0.3, -0.25) is 9.97 Å². The van der Waals surface area contributed by atoms with Crippen molar-refractivity contribution in [3.05, 3.63) is 241 Å². The SMILES string of the molecule is [C-]#[N+]c1cc(-n2c3ccccc3c3ccc(-c4cccnc4-c4ccccc4)cc32)c(-n2c3ccccc3c3ccc(-c4cccnc4-c4ccccc4)cc32)cc1-c1c([N+]#[C-])cccc1C(F)(F)F. The highest BCUT2D eigenvalue weighted by Crippen LogP contribution is 2.49. The van der Waals surface area contributed by atoms with E-state index >= 15 is 13.2 Å². The van der Waals surface area contributed by atoms with Crippen LogP contribution in [0.1, 0.15) is 5.56 Å². The first-order chi connectivity index (χ1) is 34.3. The van der Waals surface area contributed by atoms with Gasteiger partial charge < -0.3 is 9.13 Å². The molecule has 0 saturated carbocycles. The molecular weight excluding hydrogens is 874 g/mol. The van der Waals surface area contributed by atoms with Gasteiger partial charge in [-0.15, -0.1) is 0 Å². The number of pyridine rings is 2. The number of alkyl halides is 3. The maximum atomic E-state index is 15.2. The first-order valence-corrected chi connectivity index (χ1v) is 22.5. The molecule has 8 aromatic carbocycles. The summed E-state index contributed by atoms with van der Waals surface area (Å²) in [4.78, 5) is 17.3. The lowest BCUT2D eigenvalue weighted by molar-refractivity contribution is -0.137. The molecular formula is C61H35F3N6. The molecule has 330 valence electrons. The summed E-state index contributed by atoms with van der Waals surface area (Å²) in [6.45, 7) is 16.8. The van der Waals surface area contributed by atoms with Gasteiger partial charge in [-0.1, -0.05) is 152 Å². The fraction of sp³-hybridized carbons (Fsp3) is 0.0164. The molecule has 0 aliphatic rings. The Morgan fingerprint density at radius 3 is 1.36 bits per heavy atom. The Morgan fingerprint density at radius 2 is 0.857 bits per heavy atom. The molecule has 12 aromatic rings. The maximum absolute atomic E-state index is 15.2. The molecule has 0 saturated heterocycles. The molecule has 0 amide bonds. The zero-order valence-electron chi connectivity index (χ0n) is 37.0. The first-order valence-electron chi connectivity index (χ1n) is 22.5. The van der Waals surface area contributed by atoms with E-state index in [0.717, 1.165) is 94.4 Å². The molecule has 0 N–H and O–H groups in total. The molecule has 0 unspecified atom stereocenters. The summed E-state index contributed by atoms with van der Waals surface area (Å²) in [5.41, 5.74) is 9.83. The van der Waals surface area contributed by atoms with Crippen LogP contribution < -0.4 is 0 Å². The van der Waals surface area contributed by atoms with Gasteiger partial charge in [0.2, 0.25) is 0 Å². The third-order valence-electron chi connectivity index (χ3n) is 13.1. The van der Waals surface area contributed by atoms with Crippen LogP contribution in [-0.2, 0) is 6.18 Å². The van der Waals surface area contributed by atoms with E-state index < -0.39 is 11.7 Å². The van der Waals surface area contributed by atoms with E-state index in [4.69, 9.17) is 23.1 Å². The van der Waals surface area contributed by atoms with Crippen LogP contribution in [0, 0.1) is 13.1 Å². The van der Waals surface area contributed by atoms with Crippen LogP contribution in [0.3, 0.4) is 0 Å². The van der Waals surface area contributed by atoms with Crippen molar-refractivity contribution in [3.63, 3.8) is 0 Å². The minimum absolute atomic E-state index is 0.00213. The summed E-state index contributed by atoms with van der Waals surface area (Å²) in [6.07, 6.45) is -1.27. The lowest BCUT2D eigenvalue weighted by Gasteiger charge is -2.22. The molecule has 0 atom stereocenters. The molecule has 70 heavy (non-hydrogen) atoms. The van der Waals surface area contributed by atoms with Crippen molar-refractivity contribution >= 4 is 55.0 Å². The molecule has 0 bridgehead atoms. The van der Waals surface area contributed by atoms with Crippen molar-refractivity contribution in [2.45, 2.75) is 6.18 Å². The molecule has 12 rings (SSSR count). The topological polar surface area (TPSA) is 44.4 Å². The number of halogens is 3. The Kier molecular flexibility index (Phi) is 9.94. The van der Waals surface area contributed by atoms with E-state index in [1.165, 1.54) is 12.1 Å². The molecule has 0 spiro atoms. The van der Waals surface area contributed by atoms with Crippen LogP contribution >= 0.6 is 0 Å². The Hall–Kier alpha value is -9.57. The smallest absolute Gasteiger partial charge is 0.308 e. The number of rotatable bonds is 7. The zero-order valence-corrected chi connectivity index (χ0v) is 37.0. The van der Waals surface area contributed by atoms with Gasteiger partial charge >= 0.3 is 6.18 Å². The van der Waals surface area contributed by atoms with E-state index in [1.807, 2.05) is 121 Å². The number of hydrogen-bond acceptors (Lipinski definition) is 2. The fourth-order valence-electron chi connectivity index (χ4n) is 10.1. The summed E-state index contributed by atoms with van der Waals surface area (Å²) in [7, 11) is 0. The molecule has 0 radical (unpaired) electrons. The number of para-hydroxylation sites is 2. The first kappa shape index (κ1) is 41.8. The summed E-state index contributed by atoms with van der Waals surface area (Å²) in [5.74, 6) is 0. The van der Waals surface area contributed by atoms with E-state index in [-0.39, 0.29) is 22.5 Å². The van der Waals surface area contributed by atoms with Gasteiger partial charge in [0, 0.05) is 56.2 Å². The number of aromatic nitrogens is 4. The summed E-state index contributed by atoms with van der Waals surface area (Å²) < 4.78 is 49.8. The molecule has 9 heteroatoms. The summed E-state index contributed by atoms with van der Waals surface area (Å²) in [6, 6.07) is 63.5. The summed E-state index contributed by atoms with van der Waals surface area (Å²) >= 11 is 0. The molecule has 6 nitrogen and oxygen atoms in total. The average Bonchev–Trinajstić information content (AvgIpc) is 3.92. The van der Waals surface area contributed by atoms with Gasteiger partial charge in [-0.05, 0) is 70.8 Å². The van der Waals surface area contributed by atoms with E-state index in [1.54, 1.807) is 24.5 Å². The van der Waals surface area contributed by atoms with Crippen molar-refractivity contribution < 1.29 is 13.2 Å².